The first kappa shape index (κ1) is 12.8. The van der Waals surface area contributed by atoms with E-state index < -0.39 is 0 Å². The van der Waals surface area contributed by atoms with E-state index in [1.165, 1.54) is 0 Å². The van der Waals surface area contributed by atoms with Gasteiger partial charge < -0.3 is 10.6 Å². The maximum absolute atomic E-state index is 5.60. The topological polar surface area (TPSA) is 80.8 Å². The fraction of sp³-hybridized carbons (Fsp3) is 0.429. The van der Waals surface area contributed by atoms with Gasteiger partial charge in [-0.1, -0.05) is 0 Å². The zero-order chi connectivity index (χ0) is 14.1. The van der Waals surface area contributed by atoms with Gasteiger partial charge in [0.2, 0.25) is 5.95 Å². The molecular weight excluding hydrogens is 252 g/mol. The predicted octanol–water partition coefficient (Wildman–Crippen LogP) is 1.81. The lowest BCUT2D eigenvalue weighted by Crippen LogP contribution is -2.26. The van der Waals surface area contributed by atoms with Crippen molar-refractivity contribution < 1.29 is 0 Å². The fourth-order valence-electron chi connectivity index (χ4n) is 2.68. The van der Waals surface area contributed by atoms with Crippen LogP contribution in [0, 0.1) is 13.8 Å². The van der Waals surface area contributed by atoms with Gasteiger partial charge >= 0.3 is 0 Å². The van der Waals surface area contributed by atoms with Crippen molar-refractivity contribution >= 4 is 11.8 Å². The van der Waals surface area contributed by atoms with Crippen molar-refractivity contribution in [3.05, 3.63) is 35.3 Å². The van der Waals surface area contributed by atoms with Crippen LogP contribution in [0.3, 0.4) is 0 Å². The van der Waals surface area contributed by atoms with Crippen LogP contribution in [0.15, 0.2) is 18.2 Å². The first-order valence-corrected chi connectivity index (χ1v) is 6.81. The van der Waals surface area contributed by atoms with Gasteiger partial charge in [-0.05, 0) is 44.9 Å². The fourth-order valence-corrected chi connectivity index (χ4v) is 2.68. The van der Waals surface area contributed by atoms with Crippen LogP contribution in [-0.4, -0.2) is 26.7 Å². The van der Waals surface area contributed by atoms with Crippen LogP contribution in [-0.2, 0) is 0 Å². The third-order valence-electron chi connectivity index (χ3n) is 3.53. The summed E-state index contributed by atoms with van der Waals surface area (Å²) in [6.07, 6.45) is 2.14. The number of nitrogens with two attached hydrogens (primary N) is 1. The van der Waals surface area contributed by atoms with E-state index in [-0.39, 0.29) is 6.04 Å². The molecule has 0 amide bonds. The SMILES string of the molecule is Cc1cc(C)nc(N2CCCC2c2ccc(N)nn2)n1. The van der Waals surface area contributed by atoms with Crippen LogP contribution >= 0.6 is 0 Å². The Labute approximate surface area is 118 Å². The van der Waals surface area contributed by atoms with Gasteiger partial charge in [-0.15, -0.1) is 5.10 Å². The highest BCUT2D eigenvalue weighted by Crippen LogP contribution is 2.33. The Hall–Kier alpha value is -2.24. The van der Waals surface area contributed by atoms with E-state index >= 15 is 0 Å². The van der Waals surface area contributed by atoms with Gasteiger partial charge in [-0.2, -0.15) is 5.10 Å². The molecule has 20 heavy (non-hydrogen) atoms. The zero-order valence-corrected chi connectivity index (χ0v) is 11.7. The van der Waals surface area contributed by atoms with Gasteiger partial charge in [0.1, 0.15) is 5.82 Å². The third kappa shape index (κ3) is 2.41. The second-order valence-corrected chi connectivity index (χ2v) is 5.19. The van der Waals surface area contributed by atoms with Crippen molar-refractivity contribution in [2.24, 2.45) is 0 Å². The first-order chi connectivity index (χ1) is 9.63. The molecule has 0 saturated carbocycles. The van der Waals surface area contributed by atoms with Crippen molar-refractivity contribution in [2.45, 2.75) is 32.7 Å². The summed E-state index contributed by atoms with van der Waals surface area (Å²) >= 11 is 0. The normalized spacial score (nSPS) is 18.5. The lowest BCUT2D eigenvalue weighted by molar-refractivity contribution is 0.664. The second kappa shape index (κ2) is 5.03. The molecular formula is C14H18N6. The smallest absolute Gasteiger partial charge is 0.226 e. The maximum atomic E-state index is 5.60. The highest BCUT2D eigenvalue weighted by Gasteiger charge is 2.29. The number of nitrogen functional groups attached to an aromatic ring is 1. The minimum atomic E-state index is 0.185. The molecule has 1 unspecified atom stereocenters. The summed E-state index contributed by atoms with van der Waals surface area (Å²) < 4.78 is 0. The Morgan fingerprint density at radius 1 is 1.15 bits per heavy atom. The van der Waals surface area contributed by atoms with Gasteiger partial charge in [-0.25, -0.2) is 9.97 Å². The Morgan fingerprint density at radius 2 is 1.90 bits per heavy atom. The summed E-state index contributed by atoms with van der Waals surface area (Å²) in [4.78, 5) is 11.3. The zero-order valence-electron chi connectivity index (χ0n) is 11.7. The van der Waals surface area contributed by atoms with Crippen LogP contribution in [0.2, 0.25) is 0 Å². The van der Waals surface area contributed by atoms with Crippen molar-refractivity contribution in [3.8, 4) is 0 Å². The molecule has 0 aromatic carbocycles. The van der Waals surface area contributed by atoms with E-state index in [2.05, 4.69) is 25.1 Å². The molecule has 6 nitrogen and oxygen atoms in total. The molecule has 2 aromatic rings. The summed E-state index contributed by atoms with van der Waals surface area (Å²) in [7, 11) is 0. The van der Waals surface area contributed by atoms with Crippen LogP contribution < -0.4 is 10.6 Å². The molecule has 0 spiro atoms. The number of aryl methyl sites for hydroxylation is 2. The maximum Gasteiger partial charge on any atom is 0.226 e. The van der Waals surface area contributed by atoms with Gasteiger partial charge in [0.15, 0.2) is 0 Å². The Kier molecular flexibility index (Phi) is 3.22. The molecule has 3 rings (SSSR count). The molecule has 104 valence electrons. The lowest BCUT2D eigenvalue weighted by atomic mass is 10.1. The molecule has 0 radical (unpaired) electrons. The summed E-state index contributed by atoms with van der Waals surface area (Å²) in [6, 6.07) is 5.90. The molecule has 3 heterocycles. The Morgan fingerprint density at radius 3 is 2.55 bits per heavy atom. The summed E-state index contributed by atoms with van der Waals surface area (Å²) in [5, 5.41) is 8.16. The molecule has 1 atom stereocenters. The standard InChI is InChI=1S/C14H18N6/c1-9-8-10(2)17-14(16-9)20-7-3-4-12(20)11-5-6-13(15)19-18-11/h5-6,8,12H,3-4,7H2,1-2H3,(H2,15,19). The predicted molar refractivity (Wildman–Crippen MR) is 77.3 cm³/mol. The van der Waals surface area contributed by atoms with Gasteiger partial charge in [0.05, 0.1) is 11.7 Å². The molecule has 1 fully saturated rings. The molecule has 2 aromatic heterocycles. The van der Waals surface area contributed by atoms with Crippen molar-refractivity contribution in [1.29, 1.82) is 0 Å². The first-order valence-electron chi connectivity index (χ1n) is 6.81. The van der Waals surface area contributed by atoms with Crippen molar-refractivity contribution in [2.75, 3.05) is 17.2 Å². The number of hydrogen-bond donors (Lipinski definition) is 1. The average molecular weight is 270 g/mol. The van der Waals surface area contributed by atoms with Gasteiger partial charge in [-0.3, -0.25) is 0 Å². The number of aromatic nitrogens is 4. The van der Waals surface area contributed by atoms with Gasteiger partial charge in [0, 0.05) is 17.9 Å². The minimum Gasteiger partial charge on any atom is -0.382 e. The lowest BCUT2D eigenvalue weighted by Gasteiger charge is -2.24. The number of hydrogen-bond acceptors (Lipinski definition) is 6. The quantitative estimate of drug-likeness (QED) is 0.896. The highest BCUT2D eigenvalue weighted by atomic mass is 15.3. The monoisotopic (exact) mass is 270 g/mol. The van der Waals surface area contributed by atoms with Crippen LogP contribution in [0.4, 0.5) is 11.8 Å². The van der Waals surface area contributed by atoms with E-state index in [9.17, 15) is 0 Å². The number of anilines is 2. The second-order valence-electron chi connectivity index (χ2n) is 5.19. The molecule has 0 bridgehead atoms. The van der Waals surface area contributed by atoms with E-state index in [1.54, 1.807) is 6.07 Å². The highest BCUT2D eigenvalue weighted by molar-refractivity contribution is 5.38. The van der Waals surface area contributed by atoms with Crippen LogP contribution in [0.25, 0.3) is 0 Å². The van der Waals surface area contributed by atoms with E-state index in [1.807, 2.05) is 26.0 Å². The molecule has 6 heteroatoms. The van der Waals surface area contributed by atoms with Crippen molar-refractivity contribution in [3.63, 3.8) is 0 Å². The molecule has 0 aliphatic carbocycles. The number of rotatable bonds is 2. The summed E-state index contributed by atoms with van der Waals surface area (Å²) in [5.74, 6) is 1.23. The summed E-state index contributed by atoms with van der Waals surface area (Å²) in [5.41, 5.74) is 8.50. The van der Waals surface area contributed by atoms with Crippen molar-refractivity contribution in [1.82, 2.24) is 20.2 Å². The Bertz CT molecular complexity index is 589. The van der Waals surface area contributed by atoms with Gasteiger partial charge in [0.25, 0.3) is 0 Å². The van der Waals surface area contributed by atoms with Crippen LogP contribution in [0.5, 0.6) is 0 Å². The van der Waals surface area contributed by atoms with Crippen LogP contribution in [0.1, 0.15) is 36.0 Å². The van der Waals surface area contributed by atoms with E-state index in [0.717, 1.165) is 42.4 Å². The Balaban J connectivity index is 1.94. The molecule has 1 saturated heterocycles. The average Bonchev–Trinajstić information content (AvgIpc) is 2.87. The summed E-state index contributed by atoms with van der Waals surface area (Å²) in [6.45, 7) is 4.93. The molecule has 2 N–H and O–H groups in total. The van der Waals surface area contributed by atoms with E-state index in [0.29, 0.717) is 5.82 Å². The molecule has 1 aliphatic heterocycles. The molecule has 1 aliphatic rings. The largest absolute Gasteiger partial charge is 0.382 e. The number of nitrogens with zero attached hydrogens (tertiary/aromatic N) is 5. The van der Waals surface area contributed by atoms with E-state index in [4.69, 9.17) is 5.73 Å². The minimum absolute atomic E-state index is 0.185. The third-order valence-corrected chi connectivity index (χ3v) is 3.53.